The summed E-state index contributed by atoms with van der Waals surface area (Å²) in [7, 11) is 5.23. The first-order chi connectivity index (χ1) is 13.5. The van der Waals surface area contributed by atoms with Crippen LogP contribution in [-0.4, -0.2) is 54.4 Å². The molecule has 1 heterocycles. The SMILES string of the molecule is C=CCn1nc(C(=O)N(C)C)c2c1CC[C@H](NCCc1ccc(OC)cc1)C2. The normalized spacial score (nSPS) is 15.8. The fraction of sp³-hybridized carbons (Fsp3) is 0.455. The molecule has 1 aromatic heterocycles. The highest BCUT2D eigenvalue weighted by atomic mass is 16.5. The highest BCUT2D eigenvalue weighted by molar-refractivity contribution is 5.93. The average Bonchev–Trinajstić information content (AvgIpc) is 3.06. The zero-order valence-corrected chi connectivity index (χ0v) is 17.1. The van der Waals surface area contributed by atoms with E-state index >= 15 is 0 Å². The first kappa shape index (κ1) is 20.1. The summed E-state index contributed by atoms with van der Waals surface area (Å²) in [5.41, 5.74) is 4.14. The lowest BCUT2D eigenvalue weighted by Gasteiger charge is -2.25. The molecule has 0 saturated carbocycles. The van der Waals surface area contributed by atoms with Crippen molar-refractivity contribution >= 4 is 5.91 Å². The number of rotatable bonds is 8. The number of amides is 1. The highest BCUT2D eigenvalue weighted by Gasteiger charge is 2.29. The lowest BCUT2D eigenvalue weighted by Crippen LogP contribution is -2.36. The van der Waals surface area contributed by atoms with Crippen LogP contribution in [0.1, 0.15) is 33.7 Å². The second-order valence-corrected chi connectivity index (χ2v) is 7.44. The summed E-state index contributed by atoms with van der Waals surface area (Å²) in [6.07, 6.45) is 5.61. The fourth-order valence-electron chi connectivity index (χ4n) is 3.73. The summed E-state index contributed by atoms with van der Waals surface area (Å²) in [4.78, 5) is 14.2. The summed E-state index contributed by atoms with van der Waals surface area (Å²) < 4.78 is 7.15. The van der Waals surface area contributed by atoms with Gasteiger partial charge >= 0.3 is 0 Å². The van der Waals surface area contributed by atoms with E-state index in [0.717, 1.165) is 43.5 Å². The van der Waals surface area contributed by atoms with Gasteiger partial charge < -0.3 is 15.0 Å². The molecule has 1 aliphatic rings. The molecule has 1 atom stereocenters. The Bertz CT molecular complexity index is 824. The van der Waals surface area contributed by atoms with Crippen molar-refractivity contribution in [3.05, 3.63) is 59.4 Å². The largest absolute Gasteiger partial charge is 0.497 e. The molecule has 0 bridgehead atoms. The molecule has 1 aliphatic carbocycles. The van der Waals surface area contributed by atoms with Crippen LogP contribution in [0.15, 0.2) is 36.9 Å². The summed E-state index contributed by atoms with van der Waals surface area (Å²) in [6.45, 7) is 5.36. The van der Waals surface area contributed by atoms with Crippen LogP contribution in [0.4, 0.5) is 0 Å². The lowest BCUT2D eigenvalue weighted by atomic mass is 9.91. The fourth-order valence-corrected chi connectivity index (χ4v) is 3.73. The number of aromatic nitrogens is 2. The van der Waals surface area contributed by atoms with Crippen molar-refractivity contribution in [1.29, 1.82) is 0 Å². The van der Waals surface area contributed by atoms with Crippen LogP contribution in [0.25, 0.3) is 0 Å². The number of hydrogen-bond donors (Lipinski definition) is 1. The Morgan fingerprint density at radius 2 is 2.14 bits per heavy atom. The van der Waals surface area contributed by atoms with E-state index in [4.69, 9.17) is 4.74 Å². The number of ether oxygens (including phenoxy) is 1. The quantitative estimate of drug-likeness (QED) is 0.713. The standard InChI is InChI=1S/C22H30N4O2/c1-5-14-26-20-11-8-17(15-19(20)21(24-26)22(27)25(2)3)23-13-12-16-6-9-18(28-4)10-7-16/h5-7,9-10,17,23H,1,8,11-15H2,2-4H3/t17-/m0/s1. The van der Waals surface area contributed by atoms with Gasteiger partial charge in [-0.25, -0.2) is 0 Å². The van der Waals surface area contributed by atoms with Crippen LogP contribution in [0.5, 0.6) is 5.75 Å². The number of hydrogen-bond acceptors (Lipinski definition) is 4. The Morgan fingerprint density at radius 3 is 2.79 bits per heavy atom. The molecule has 28 heavy (non-hydrogen) atoms. The molecule has 1 amide bonds. The molecule has 0 unspecified atom stereocenters. The number of nitrogens with one attached hydrogen (secondary N) is 1. The second kappa shape index (κ2) is 9.06. The molecular formula is C22H30N4O2. The first-order valence-corrected chi connectivity index (χ1v) is 9.81. The molecule has 3 rings (SSSR count). The van der Waals surface area contributed by atoms with Gasteiger partial charge in [-0.05, 0) is 49.9 Å². The number of nitrogens with zero attached hydrogens (tertiary/aromatic N) is 3. The van der Waals surface area contributed by atoms with Crippen LogP contribution in [0.3, 0.4) is 0 Å². The van der Waals surface area contributed by atoms with Gasteiger partial charge in [0.1, 0.15) is 5.75 Å². The monoisotopic (exact) mass is 382 g/mol. The van der Waals surface area contributed by atoms with Crippen LogP contribution >= 0.6 is 0 Å². The van der Waals surface area contributed by atoms with Crippen molar-refractivity contribution in [2.24, 2.45) is 0 Å². The van der Waals surface area contributed by atoms with Gasteiger partial charge in [-0.15, -0.1) is 6.58 Å². The minimum absolute atomic E-state index is 0.0297. The topological polar surface area (TPSA) is 59.4 Å². The maximum atomic E-state index is 12.6. The molecule has 1 N–H and O–H groups in total. The van der Waals surface area contributed by atoms with Crippen LogP contribution < -0.4 is 10.1 Å². The average molecular weight is 383 g/mol. The van der Waals surface area contributed by atoms with Crippen molar-refractivity contribution in [1.82, 2.24) is 20.0 Å². The molecule has 0 aliphatic heterocycles. The summed E-state index contributed by atoms with van der Waals surface area (Å²) in [5.74, 6) is 0.851. The van der Waals surface area contributed by atoms with Crippen LogP contribution in [0.2, 0.25) is 0 Å². The molecule has 0 fully saturated rings. The van der Waals surface area contributed by atoms with E-state index in [1.54, 1.807) is 26.1 Å². The summed E-state index contributed by atoms with van der Waals surface area (Å²) in [5, 5.41) is 8.26. The second-order valence-electron chi connectivity index (χ2n) is 7.44. The minimum Gasteiger partial charge on any atom is -0.497 e. The zero-order chi connectivity index (χ0) is 20.1. The smallest absolute Gasteiger partial charge is 0.274 e. The van der Waals surface area contributed by atoms with Crippen molar-refractivity contribution in [3.63, 3.8) is 0 Å². The van der Waals surface area contributed by atoms with Crippen molar-refractivity contribution in [2.75, 3.05) is 27.7 Å². The Kier molecular flexibility index (Phi) is 6.52. The Morgan fingerprint density at radius 1 is 1.39 bits per heavy atom. The number of benzene rings is 1. The van der Waals surface area contributed by atoms with E-state index in [1.807, 2.05) is 22.9 Å². The van der Waals surface area contributed by atoms with Crippen molar-refractivity contribution in [2.45, 2.75) is 38.3 Å². The molecule has 2 aromatic rings. The molecule has 0 radical (unpaired) electrons. The third kappa shape index (κ3) is 4.44. The van der Waals surface area contributed by atoms with Gasteiger partial charge in [-0.1, -0.05) is 18.2 Å². The number of carbonyl (C=O) groups excluding carboxylic acids is 1. The van der Waals surface area contributed by atoms with Gasteiger partial charge in [0.2, 0.25) is 0 Å². The molecule has 1 aromatic carbocycles. The molecule has 6 heteroatoms. The maximum absolute atomic E-state index is 12.6. The van der Waals surface area contributed by atoms with Gasteiger partial charge in [0.15, 0.2) is 5.69 Å². The minimum atomic E-state index is -0.0297. The van der Waals surface area contributed by atoms with E-state index in [9.17, 15) is 4.79 Å². The Balaban J connectivity index is 1.65. The van der Waals surface area contributed by atoms with Gasteiger partial charge in [0, 0.05) is 31.4 Å². The summed E-state index contributed by atoms with van der Waals surface area (Å²) >= 11 is 0. The first-order valence-electron chi connectivity index (χ1n) is 9.81. The Hall–Kier alpha value is -2.60. The van der Waals surface area contributed by atoms with Crippen LogP contribution in [0, 0.1) is 0 Å². The van der Waals surface area contributed by atoms with E-state index in [0.29, 0.717) is 18.3 Å². The molecule has 0 spiro atoms. The van der Waals surface area contributed by atoms with E-state index in [1.165, 1.54) is 11.3 Å². The van der Waals surface area contributed by atoms with Crippen molar-refractivity contribution < 1.29 is 9.53 Å². The number of fused-ring (bicyclic) bond motifs is 1. The summed E-state index contributed by atoms with van der Waals surface area (Å²) in [6, 6.07) is 8.56. The van der Waals surface area contributed by atoms with Gasteiger partial charge in [-0.3, -0.25) is 9.48 Å². The molecule has 0 saturated heterocycles. The van der Waals surface area contributed by atoms with E-state index < -0.39 is 0 Å². The van der Waals surface area contributed by atoms with Crippen molar-refractivity contribution in [3.8, 4) is 5.75 Å². The van der Waals surface area contributed by atoms with Gasteiger partial charge in [-0.2, -0.15) is 5.10 Å². The van der Waals surface area contributed by atoms with E-state index in [2.05, 4.69) is 29.1 Å². The zero-order valence-electron chi connectivity index (χ0n) is 17.1. The number of carbonyl (C=O) groups is 1. The van der Waals surface area contributed by atoms with Crippen LogP contribution in [-0.2, 0) is 25.8 Å². The third-order valence-corrected chi connectivity index (χ3v) is 5.26. The highest BCUT2D eigenvalue weighted by Crippen LogP contribution is 2.26. The Labute approximate surface area is 167 Å². The lowest BCUT2D eigenvalue weighted by molar-refractivity contribution is 0.0820. The predicted molar refractivity (Wildman–Crippen MR) is 111 cm³/mol. The number of allylic oxidation sites excluding steroid dienone is 1. The predicted octanol–water partition coefficient (Wildman–Crippen LogP) is 2.47. The molecular weight excluding hydrogens is 352 g/mol. The molecule has 6 nitrogen and oxygen atoms in total. The van der Waals surface area contributed by atoms with E-state index in [-0.39, 0.29) is 5.91 Å². The van der Waals surface area contributed by atoms with Gasteiger partial charge in [0.05, 0.1) is 13.7 Å². The third-order valence-electron chi connectivity index (χ3n) is 5.26. The van der Waals surface area contributed by atoms with Gasteiger partial charge in [0.25, 0.3) is 5.91 Å². The number of methoxy groups -OCH3 is 1. The molecule has 150 valence electrons. The maximum Gasteiger partial charge on any atom is 0.274 e.